The normalized spacial score (nSPS) is 24.5. The van der Waals surface area contributed by atoms with Crippen LogP contribution in [0.2, 0.25) is 0 Å². The van der Waals surface area contributed by atoms with Crippen LogP contribution in [0.1, 0.15) is 25.7 Å². The van der Waals surface area contributed by atoms with Crippen molar-refractivity contribution in [2.75, 3.05) is 63.2 Å². The van der Waals surface area contributed by atoms with Gasteiger partial charge in [-0.2, -0.15) is 10.2 Å². The van der Waals surface area contributed by atoms with Gasteiger partial charge in [-0.05, 0) is 38.8 Å². The Kier molecular flexibility index (Phi) is 4.58. The monoisotopic (exact) mass is 521 g/mol. The van der Waals surface area contributed by atoms with Gasteiger partial charge < -0.3 is 24.8 Å². The molecule has 5 fully saturated rings. The molecule has 0 aromatic carbocycles. The molecule has 0 atom stereocenters. The molecule has 3 saturated heterocycles. The van der Waals surface area contributed by atoms with Gasteiger partial charge in [-0.3, -0.25) is 14.8 Å². The number of anilines is 2. The minimum atomic E-state index is -1.19. The maximum absolute atomic E-state index is 14.9. The quantitative estimate of drug-likeness (QED) is 0.531. The molecule has 5 aliphatic rings. The molecule has 2 spiro atoms. The summed E-state index contributed by atoms with van der Waals surface area (Å²) in [5.74, 6) is 0.851. The van der Waals surface area contributed by atoms with Crippen LogP contribution < -0.4 is 10.2 Å². The lowest BCUT2D eigenvalue weighted by atomic mass is 9.78. The summed E-state index contributed by atoms with van der Waals surface area (Å²) < 4.78 is 22.1. The minimum Gasteiger partial charge on any atom is -0.380 e. The van der Waals surface area contributed by atoms with Crippen molar-refractivity contribution in [1.82, 2.24) is 34.8 Å². The Morgan fingerprint density at radius 3 is 2.68 bits per heavy atom. The summed E-state index contributed by atoms with van der Waals surface area (Å²) in [5.41, 5.74) is 1.69. The molecule has 2 aliphatic carbocycles. The van der Waals surface area contributed by atoms with Gasteiger partial charge in [0.2, 0.25) is 0 Å². The zero-order chi connectivity index (χ0) is 25.7. The molecule has 3 aromatic rings. The summed E-state index contributed by atoms with van der Waals surface area (Å²) in [7, 11) is 2.11. The second-order valence-corrected chi connectivity index (χ2v) is 12.3. The number of aromatic nitrogens is 5. The van der Waals surface area contributed by atoms with Gasteiger partial charge >= 0.3 is 6.03 Å². The van der Waals surface area contributed by atoms with E-state index in [1.165, 1.54) is 0 Å². The van der Waals surface area contributed by atoms with E-state index in [9.17, 15) is 9.18 Å². The first-order chi connectivity index (χ1) is 18.3. The number of piperazine rings is 1. The molecule has 8 rings (SSSR count). The Balaban J connectivity index is 1.09. The SMILES string of the molecule is CN1CCN(C(=O)Nc2cn[nH]c2-c2cc3c(cn2)c(N2CC4(COC4)C2)nn3CC2(F)CC2)C2(CC2)C1. The Morgan fingerprint density at radius 2 is 1.97 bits per heavy atom. The molecule has 200 valence electrons. The summed E-state index contributed by atoms with van der Waals surface area (Å²) in [6.07, 6.45) is 6.64. The lowest BCUT2D eigenvalue weighted by molar-refractivity contribution is -0.127. The van der Waals surface area contributed by atoms with Gasteiger partial charge in [-0.15, -0.1) is 0 Å². The van der Waals surface area contributed by atoms with Crippen LogP contribution in [0, 0.1) is 5.41 Å². The highest BCUT2D eigenvalue weighted by atomic mass is 19.1. The van der Waals surface area contributed by atoms with Crippen molar-refractivity contribution >= 4 is 28.4 Å². The number of aromatic amines is 1. The smallest absolute Gasteiger partial charge is 0.322 e. The number of nitrogens with zero attached hydrogens (tertiary/aromatic N) is 7. The first-order valence-corrected chi connectivity index (χ1v) is 13.5. The second kappa shape index (κ2) is 7.66. The van der Waals surface area contributed by atoms with E-state index in [4.69, 9.17) is 14.8 Å². The van der Waals surface area contributed by atoms with Crippen molar-refractivity contribution in [3.8, 4) is 11.4 Å². The second-order valence-electron chi connectivity index (χ2n) is 12.3. The highest BCUT2D eigenvalue weighted by Crippen LogP contribution is 2.46. The number of nitrogens with one attached hydrogen (secondary N) is 2. The van der Waals surface area contributed by atoms with Gasteiger partial charge in [-0.25, -0.2) is 9.18 Å². The van der Waals surface area contributed by atoms with E-state index < -0.39 is 5.67 Å². The van der Waals surface area contributed by atoms with Crippen molar-refractivity contribution in [1.29, 1.82) is 0 Å². The number of fused-ring (bicyclic) bond motifs is 1. The van der Waals surface area contributed by atoms with Crippen molar-refractivity contribution in [3.63, 3.8) is 0 Å². The fourth-order valence-corrected chi connectivity index (χ4v) is 6.42. The molecule has 3 aliphatic heterocycles. The number of H-pyrrole nitrogens is 1. The number of halogens is 1. The van der Waals surface area contributed by atoms with Crippen LogP contribution in [0.4, 0.5) is 20.7 Å². The van der Waals surface area contributed by atoms with Crippen LogP contribution in [0.5, 0.6) is 0 Å². The maximum Gasteiger partial charge on any atom is 0.322 e. The van der Waals surface area contributed by atoms with E-state index in [1.807, 2.05) is 17.2 Å². The highest BCUT2D eigenvalue weighted by molar-refractivity contribution is 5.96. The van der Waals surface area contributed by atoms with Gasteiger partial charge in [-0.1, -0.05) is 0 Å². The van der Waals surface area contributed by atoms with Crippen LogP contribution in [0.3, 0.4) is 0 Å². The number of carbonyl (C=O) groups excluding carboxylic acids is 1. The number of carbonyl (C=O) groups is 1. The van der Waals surface area contributed by atoms with Crippen molar-refractivity contribution in [3.05, 3.63) is 18.5 Å². The van der Waals surface area contributed by atoms with Crippen LogP contribution in [-0.2, 0) is 11.3 Å². The molecule has 11 nitrogen and oxygen atoms in total. The molecule has 0 radical (unpaired) electrons. The van der Waals surface area contributed by atoms with E-state index in [1.54, 1.807) is 10.9 Å². The summed E-state index contributed by atoms with van der Waals surface area (Å²) in [6.45, 7) is 6.08. The fraction of sp³-hybridized carbons (Fsp3) is 0.615. The van der Waals surface area contributed by atoms with Crippen LogP contribution in [0.25, 0.3) is 22.3 Å². The van der Waals surface area contributed by atoms with Gasteiger partial charge in [0.25, 0.3) is 0 Å². The molecule has 3 aromatic heterocycles. The average Bonchev–Trinajstić information content (AvgIpc) is 3.67. The molecule has 0 bridgehead atoms. The van der Waals surface area contributed by atoms with Gasteiger partial charge in [0.15, 0.2) is 5.82 Å². The van der Waals surface area contributed by atoms with E-state index in [0.29, 0.717) is 36.5 Å². The summed E-state index contributed by atoms with van der Waals surface area (Å²) in [4.78, 5) is 24.6. The first-order valence-electron chi connectivity index (χ1n) is 13.5. The Hall–Kier alpha value is -3.25. The summed E-state index contributed by atoms with van der Waals surface area (Å²) in [6, 6.07) is 1.83. The van der Waals surface area contributed by atoms with Crippen LogP contribution >= 0.6 is 0 Å². The fourth-order valence-electron chi connectivity index (χ4n) is 6.42. The number of hydrogen-bond acceptors (Lipinski definition) is 7. The number of alkyl halides is 1. The zero-order valence-electron chi connectivity index (χ0n) is 21.5. The number of ether oxygens (including phenoxy) is 1. The number of hydrogen-bond donors (Lipinski definition) is 2. The maximum atomic E-state index is 14.9. The van der Waals surface area contributed by atoms with E-state index in [-0.39, 0.29) is 23.5 Å². The molecular formula is C26H32FN9O2. The van der Waals surface area contributed by atoms with Crippen molar-refractivity contribution in [2.24, 2.45) is 5.41 Å². The summed E-state index contributed by atoms with van der Waals surface area (Å²) in [5, 5.41) is 16.1. The van der Waals surface area contributed by atoms with E-state index in [0.717, 1.165) is 69.0 Å². The molecule has 38 heavy (non-hydrogen) atoms. The average molecular weight is 522 g/mol. The lowest BCUT2D eigenvalue weighted by Crippen LogP contribution is -2.66. The largest absolute Gasteiger partial charge is 0.380 e. The number of amides is 2. The topological polar surface area (TPSA) is 107 Å². The predicted octanol–water partition coefficient (Wildman–Crippen LogP) is 2.47. The Morgan fingerprint density at radius 1 is 1.16 bits per heavy atom. The van der Waals surface area contributed by atoms with E-state index in [2.05, 4.69) is 32.4 Å². The molecule has 6 heterocycles. The minimum absolute atomic E-state index is 0.0484. The van der Waals surface area contributed by atoms with Crippen molar-refractivity contribution in [2.45, 2.75) is 43.4 Å². The zero-order valence-corrected chi connectivity index (χ0v) is 21.5. The van der Waals surface area contributed by atoms with Gasteiger partial charge in [0.05, 0.1) is 59.2 Å². The van der Waals surface area contributed by atoms with Gasteiger partial charge in [0, 0.05) is 38.9 Å². The Labute approximate surface area is 219 Å². The van der Waals surface area contributed by atoms with Crippen molar-refractivity contribution < 1.29 is 13.9 Å². The summed E-state index contributed by atoms with van der Waals surface area (Å²) >= 11 is 0. The first kappa shape index (κ1) is 22.7. The van der Waals surface area contributed by atoms with Gasteiger partial charge in [0.1, 0.15) is 11.4 Å². The number of urea groups is 1. The third kappa shape index (κ3) is 3.53. The van der Waals surface area contributed by atoms with Crippen LogP contribution in [0.15, 0.2) is 18.5 Å². The van der Waals surface area contributed by atoms with Crippen LogP contribution in [-0.4, -0.2) is 105 Å². The third-order valence-electron chi connectivity index (χ3n) is 9.06. The molecule has 2 N–H and O–H groups in total. The molecule has 2 amide bonds. The number of rotatable bonds is 5. The molecule has 0 unspecified atom stereocenters. The Bertz CT molecular complexity index is 1430. The predicted molar refractivity (Wildman–Crippen MR) is 139 cm³/mol. The lowest BCUT2D eigenvalue weighted by Gasteiger charge is -2.55. The highest BCUT2D eigenvalue weighted by Gasteiger charge is 2.53. The molecular weight excluding hydrogens is 489 g/mol. The standard InChI is InChI=1S/C26H32FN9O2/c1-33-6-7-35(26(14-33)4-5-26)23(37)30-19-10-29-31-21(19)18-8-20-17(9-28-18)22(32-36(20)13-25(27)2-3-25)34-11-24(12-34)15-38-16-24/h8-10H,2-7,11-16H2,1H3,(H,29,31)(H,30,37). The molecule has 12 heteroatoms. The molecule has 2 saturated carbocycles. The van der Waals surface area contributed by atoms with E-state index >= 15 is 0 Å². The number of pyridine rings is 1. The number of likely N-dealkylation sites (N-methyl/N-ethyl adjacent to an activating group) is 1. The third-order valence-corrected chi connectivity index (χ3v) is 9.06.